The van der Waals surface area contributed by atoms with Crippen molar-refractivity contribution >= 4 is 29.2 Å². The van der Waals surface area contributed by atoms with Crippen molar-refractivity contribution in [3.63, 3.8) is 0 Å². The quantitative estimate of drug-likeness (QED) is 0.0510. The Morgan fingerprint density at radius 3 is 1.96 bits per heavy atom. The lowest BCUT2D eigenvalue weighted by Crippen LogP contribution is -2.31. The summed E-state index contributed by atoms with van der Waals surface area (Å²) in [4.78, 5) is 54.0. The summed E-state index contributed by atoms with van der Waals surface area (Å²) in [6.07, 6.45) is 18.8. The summed E-state index contributed by atoms with van der Waals surface area (Å²) in [7, 11) is 1.57. The number of H-pyrrole nitrogens is 1. The molecule has 0 atom stereocenters. The molecule has 2 N–H and O–H groups in total. The molecule has 3 rings (SSSR count). The van der Waals surface area contributed by atoms with Gasteiger partial charge in [-0.15, -0.1) is 0 Å². The number of carbonyl (C=O) groups excluding carboxylic acids is 2. The Bertz CT molecular complexity index is 1510. The number of aromatic amines is 1. The van der Waals surface area contributed by atoms with Gasteiger partial charge >= 0.3 is 11.7 Å². The number of amides is 1. The van der Waals surface area contributed by atoms with Gasteiger partial charge < -0.3 is 29.6 Å². The molecule has 2 aromatic heterocycles. The highest BCUT2D eigenvalue weighted by Gasteiger charge is 2.18. The summed E-state index contributed by atoms with van der Waals surface area (Å²) in [5.74, 6) is 0.0197. The van der Waals surface area contributed by atoms with Crippen molar-refractivity contribution in [2.75, 3.05) is 64.9 Å². The number of imidazole rings is 1. The van der Waals surface area contributed by atoms with Gasteiger partial charge in [0.1, 0.15) is 18.4 Å². The third-order valence-corrected chi connectivity index (χ3v) is 9.88. The van der Waals surface area contributed by atoms with Crippen LogP contribution in [-0.4, -0.2) is 101 Å². The molecule has 0 saturated carbocycles. The minimum Gasteiger partial charge on any atom is -0.461 e. The zero-order chi connectivity index (χ0) is 38.1. The lowest BCUT2D eigenvalue weighted by atomic mass is 10.1. The van der Waals surface area contributed by atoms with E-state index in [9.17, 15) is 14.4 Å². The molecule has 0 spiro atoms. The van der Waals surface area contributed by atoms with E-state index in [1.807, 2.05) is 0 Å². The molecule has 0 aliphatic carbocycles. The monoisotopic (exact) mass is 738 g/mol. The van der Waals surface area contributed by atoms with Crippen LogP contribution in [0.5, 0.6) is 6.01 Å². The number of benzene rings is 1. The van der Waals surface area contributed by atoms with Crippen LogP contribution in [0.25, 0.3) is 11.2 Å². The van der Waals surface area contributed by atoms with Gasteiger partial charge in [-0.25, -0.2) is 4.79 Å². The minimum absolute atomic E-state index is 0.0365. The molecule has 0 aliphatic heterocycles. The molecule has 12 nitrogen and oxygen atoms in total. The summed E-state index contributed by atoms with van der Waals surface area (Å²) in [6.45, 7) is 14.2. The average Bonchev–Trinajstić information content (AvgIpc) is 3.48. The Kier molecular flexibility index (Phi) is 21.7. The number of fused-ring (bicyclic) bond motifs is 1. The van der Waals surface area contributed by atoms with Crippen LogP contribution in [-0.2, 0) is 16.1 Å². The molecular weight excluding hydrogens is 670 g/mol. The van der Waals surface area contributed by atoms with Crippen molar-refractivity contribution in [1.29, 1.82) is 0 Å². The number of methoxy groups -OCH3 is 1. The van der Waals surface area contributed by atoms with Gasteiger partial charge in [-0.2, -0.15) is 9.97 Å². The number of hydrogen-bond donors (Lipinski definition) is 2. The van der Waals surface area contributed by atoms with Crippen LogP contribution in [0.4, 0.5) is 5.82 Å². The highest BCUT2D eigenvalue weighted by molar-refractivity contribution is 5.97. The topological polar surface area (TPSA) is 135 Å². The van der Waals surface area contributed by atoms with E-state index < -0.39 is 5.69 Å². The molecule has 1 amide bonds. The van der Waals surface area contributed by atoms with E-state index in [2.05, 4.69) is 50.8 Å². The van der Waals surface area contributed by atoms with Crippen molar-refractivity contribution in [1.82, 2.24) is 29.3 Å². The van der Waals surface area contributed by atoms with Gasteiger partial charge in [0.05, 0.1) is 13.2 Å². The highest BCUT2D eigenvalue weighted by Crippen LogP contribution is 2.22. The first-order chi connectivity index (χ1) is 25.9. The van der Waals surface area contributed by atoms with Crippen LogP contribution in [0.2, 0.25) is 0 Å². The molecule has 0 bridgehead atoms. The van der Waals surface area contributed by atoms with E-state index in [-0.39, 0.29) is 30.9 Å². The van der Waals surface area contributed by atoms with Gasteiger partial charge in [-0.05, 0) is 70.5 Å². The molecule has 1 aromatic carbocycles. The van der Waals surface area contributed by atoms with Crippen LogP contribution in [0.3, 0.4) is 0 Å². The normalized spacial score (nSPS) is 11.6. The van der Waals surface area contributed by atoms with Crippen LogP contribution in [0, 0.1) is 0 Å². The Labute approximate surface area is 317 Å². The van der Waals surface area contributed by atoms with Gasteiger partial charge in [-0.1, -0.05) is 109 Å². The van der Waals surface area contributed by atoms with Gasteiger partial charge in [0.2, 0.25) is 5.91 Å². The molecule has 2 heterocycles. The van der Waals surface area contributed by atoms with Crippen molar-refractivity contribution in [2.45, 2.75) is 124 Å². The van der Waals surface area contributed by atoms with Gasteiger partial charge in [0.25, 0.3) is 0 Å². The summed E-state index contributed by atoms with van der Waals surface area (Å²) in [5.41, 5.74) is 1.61. The van der Waals surface area contributed by atoms with E-state index in [1.54, 1.807) is 31.4 Å². The average molecular weight is 738 g/mol. The highest BCUT2D eigenvalue weighted by atomic mass is 16.5. The van der Waals surface area contributed by atoms with E-state index in [0.29, 0.717) is 29.8 Å². The second-order valence-electron chi connectivity index (χ2n) is 14.0. The molecule has 0 radical (unpaired) electrons. The van der Waals surface area contributed by atoms with Crippen LogP contribution in [0.1, 0.15) is 133 Å². The number of nitrogens with one attached hydrogen (secondary N) is 2. The zero-order valence-electron chi connectivity index (χ0n) is 33.1. The number of aromatic nitrogens is 4. The first-order valence-corrected chi connectivity index (χ1v) is 20.3. The molecule has 12 heteroatoms. The van der Waals surface area contributed by atoms with Gasteiger partial charge in [0, 0.05) is 19.1 Å². The molecule has 0 unspecified atom stereocenters. The van der Waals surface area contributed by atoms with Crippen LogP contribution >= 0.6 is 0 Å². The lowest BCUT2D eigenvalue weighted by molar-refractivity contribution is -0.116. The second-order valence-corrected chi connectivity index (χ2v) is 14.0. The van der Waals surface area contributed by atoms with Crippen LogP contribution in [0.15, 0.2) is 29.1 Å². The van der Waals surface area contributed by atoms with Crippen molar-refractivity contribution in [2.24, 2.45) is 0 Å². The van der Waals surface area contributed by atoms with E-state index in [1.165, 1.54) is 81.7 Å². The maximum Gasteiger partial charge on any atom is 0.328 e. The van der Waals surface area contributed by atoms with E-state index in [0.717, 1.165) is 63.8 Å². The first-order valence-electron chi connectivity index (χ1n) is 20.3. The smallest absolute Gasteiger partial charge is 0.328 e. The lowest BCUT2D eigenvalue weighted by Gasteiger charge is -2.24. The summed E-state index contributed by atoms with van der Waals surface area (Å²) in [5, 5.41) is 2.89. The van der Waals surface area contributed by atoms with E-state index in [4.69, 9.17) is 9.47 Å². The number of ether oxygens (including phenoxy) is 2. The fraction of sp³-hybridized carbons (Fsp3) is 0.683. The number of carbonyl (C=O) groups is 2. The Morgan fingerprint density at radius 2 is 1.38 bits per heavy atom. The predicted molar refractivity (Wildman–Crippen MR) is 214 cm³/mol. The zero-order valence-corrected chi connectivity index (χ0v) is 33.1. The Morgan fingerprint density at radius 1 is 0.792 bits per heavy atom. The van der Waals surface area contributed by atoms with E-state index >= 15 is 0 Å². The number of anilines is 1. The Hall–Kier alpha value is -3.61. The molecular formula is C41H67N7O5. The number of rotatable bonds is 31. The number of nitrogens with zero attached hydrogens (tertiary/aromatic N) is 5. The third kappa shape index (κ3) is 16.5. The van der Waals surface area contributed by atoms with Crippen molar-refractivity contribution in [3.8, 4) is 6.01 Å². The second kappa shape index (κ2) is 26.2. The summed E-state index contributed by atoms with van der Waals surface area (Å²) < 4.78 is 12.2. The molecule has 53 heavy (non-hydrogen) atoms. The maximum atomic E-state index is 13.1. The molecule has 0 fully saturated rings. The van der Waals surface area contributed by atoms with Crippen LogP contribution < -0.4 is 15.7 Å². The standard InChI is InChI=1S/C41H67N7O5/c1-5-8-9-10-11-12-13-14-15-18-26-46(6-2)28-20-29-47(7-3)27-19-16-17-21-36(50)42-38-37-39(45-40(44-38)53-31-30-52-4)48(41(51)43-37)32-34-22-24-35(33-49)25-23-34/h22-25,33H,5-21,26-32H2,1-4H3,(H,43,51)(H,42,44,45,50). The first kappa shape index (κ1) is 43.8. The number of unbranched alkanes of at least 4 members (excludes halogenated alkanes) is 11. The molecule has 3 aromatic rings. The van der Waals surface area contributed by atoms with Gasteiger partial charge in [-0.3, -0.25) is 14.2 Å². The minimum atomic E-state index is -0.393. The number of aldehydes is 1. The number of hydrogen-bond acceptors (Lipinski definition) is 9. The summed E-state index contributed by atoms with van der Waals surface area (Å²) >= 11 is 0. The summed E-state index contributed by atoms with van der Waals surface area (Å²) in [6, 6.07) is 7.00. The largest absolute Gasteiger partial charge is 0.461 e. The van der Waals surface area contributed by atoms with Crippen molar-refractivity contribution < 1.29 is 19.1 Å². The molecule has 0 aliphatic rings. The fourth-order valence-electron chi connectivity index (χ4n) is 6.60. The van der Waals surface area contributed by atoms with Gasteiger partial charge in [0.15, 0.2) is 11.5 Å². The van der Waals surface area contributed by atoms with Crippen molar-refractivity contribution in [3.05, 3.63) is 45.9 Å². The predicted octanol–water partition coefficient (Wildman–Crippen LogP) is 7.46. The molecule has 0 saturated heterocycles. The molecule has 296 valence electrons. The third-order valence-electron chi connectivity index (χ3n) is 9.88. The SMILES string of the molecule is CCCCCCCCCCCCN(CC)CCCN(CC)CCCCCC(=O)Nc1nc(OCCOC)nc2c1[nH]c(=O)n2Cc1ccc(C=O)cc1. The Balaban J connectivity index is 1.40. The maximum absolute atomic E-state index is 13.1. The fourth-order valence-corrected chi connectivity index (χ4v) is 6.60.